The minimum absolute atomic E-state index is 0.0411. The molecule has 24 heavy (non-hydrogen) atoms. The van der Waals surface area contributed by atoms with Crippen LogP contribution in [0.15, 0.2) is 30.5 Å². The van der Waals surface area contributed by atoms with E-state index in [9.17, 15) is 13.2 Å². The maximum absolute atomic E-state index is 12.5. The lowest BCUT2D eigenvalue weighted by Crippen LogP contribution is -2.43. The Bertz CT molecular complexity index is 844. The van der Waals surface area contributed by atoms with Gasteiger partial charge in [0.1, 0.15) is 0 Å². The Hall–Kier alpha value is -1.90. The number of amides is 1. The van der Waals surface area contributed by atoms with E-state index in [1.54, 1.807) is 12.1 Å². The number of rotatable bonds is 5. The second-order valence-corrected chi connectivity index (χ2v) is 8.45. The fourth-order valence-corrected chi connectivity index (χ4v) is 3.95. The van der Waals surface area contributed by atoms with Gasteiger partial charge in [-0.1, -0.05) is 6.07 Å². The summed E-state index contributed by atoms with van der Waals surface area (Å²) in [7, 11) is -0.331. The highest BCUT2D eigenvalue weighted by Crippen LogP contribution is 2.19. The van der Waals surface area contributed by atoms with Crippen LogP contribution in [-0.2, 0) is 14.8 Å². The van der Waals surface area contributed by atoms with Gasteiger partial charge in [0, 0.05) is 37.3 Å². The van der Waals surface area contributed by atoms with Crippen LogP contribution in [-0.4, -0.2) is 62.7 Å². The molecule has 2 heterocycles. The first kappa shape index (κ1) is 16.9. The first-order valence-electron chi connectivity index (χ1n) is 7.73. The van der Waals surface area contributed by atoms with Gasteiger partial charge in [-0.05, 0) is 23.6 Å². The molecule has 8 heteroatoms. The number of H-pyrrole nitrogens is 1. The number of fused-ring (bicyclic) bond motifs is 1. The van der Waals surface area contributed by atoms with Gasteiger partial charge in [-0.15, -0.1) is 0 Å². The molecule has 1 aromatic heterocycles. The lowest BCUT2D eigenvalue weighted by molar-refractivity contribution is 0.0926. The maximum atomic E-state index is 12.5. The van der Waals surface area contributed by atoms with Gasteiger partial charge in [0.25, 0.3) is 5.91 Å². The van der Waals surface area contributed by atoms with Gasteiger partial charge in [0.05, 0.1) is 25.0 Å². The normalized spacial score (nSPS) is 21.5. The molecule has 7 nitrogen and oxygen atoms in total. The molecule has 1 fully saturated rings. The molecule has 0 unspecified atom stereocenters. The van der Waals surface area contributed by atoms with E-state index < -0.39 is 10.0 Å². The third-order valence-corrected chi connectivity index (χ3v) is 6.28. The second-order valence-electron chi connectivity index (χ2n) is 6.22. The Morgan fingerprint density at radius 3 is 2.88 bits per heavy atom. The van der Waals surface area contributed by atoms with Crippen molar-refractivity contribution in [1.82, 2.24) is 14.6 Å². The molecule has 1 aliphatic heterocycles. The number of carbonyl (C=O) groups is 1. The summed E-state index contributed by atoms with van der Waals surface area (Å²) in [6.45, 7) is 0.651. The van der Waals surface area contributed by atoms with Crippen LogP contribution in [0.1, 0.15) is 10.4 Å². The summed E-state index contributed by atoms with van der Waals surface area (Å²) < 4.78 is 30.7. The van der Waals surface area contributed by atoms with Gasteiger partial charge >= 0.3 is 0 Å². The molecule has 0 bridgehead atoms. The van der Waals surface area contributed by atoms with Gasteiger partial charge in [0.2, 0.25) is 10.0 Å². The predicted octanol–water partition coefficient (Wildman–Crippen LogP) is 0.804. The molecular formula is C16H21N3O4S. The standard InChI is InChI=1S/C16H21N3O4S/c1-19(2)24(21,22)10-13-8-23-9-15(13)18-16(20)12-4-3-11-5-6-17-14(11)7-12/h3-7,13,15,17H,8-10H2,1-2H3,(H,18,20)/t13-,15-/m0/s1. The van der Waals surface area contributed by atoms with Crippen molar-refractivity contribution in [3.8, 4) is 0 Å². The van der Waals surface area contributed by atoms with Gasteiger partial charge < -0.3 is 15.0 Å². The molecule has 0 saturated carbocycles. The molecule has 1 aliphatic rings. The van der Waals surface area contributed by atoms with E-state index in [0.29, 0.717) is 18.8 Å². The number of aromatic amines is 1. The van der Waals surface area contributed by atoms with Crippen LogP contribution >= 0.6 is 0 Å². The zero-order chi connectivity index (χ0) is 17.3. The van der Waals surface area contributed by atoms with E-state index in [0.717, 1.165) is 10.9 Å². The summed E-state index contributed by atoms with van der Waals surface area (Å²) in [5.74, 6) is -0.523. The minimum atomic E-state index is -3.34. The number of carbonyl (C=O) groups excluding carboxylic acids is 1. The number of hydrogen-bond acceptors (Lipinski definition) is 4. The number of hydrogen-bond donors (Lipinski definition) is 2. The summed E-state index contributed by atoms with van der Waals surface area (Å²) in [6.07, 6.45) is 1.82. The van der Waals surface area contributed by atoms with Crippen LogP contribution in [0.2, 0.25) is 0 Å². The zero-order valence-electron chi connectivity index (χ0n) is 13.7. The van der Waals surface area contributed by atoms with Crippen LogP contribution in [0.5, 0.6) is 0 Å². The smallest absolute Gasteiger partial charge is 0.251 e. The molecule has 0 aliphatic carbocycles. The van der Waals surface area contributed by atoms with E-state index >= 15 is 0 Å². The molecule has 0 radical (unpaired) electrons. The first-order chi connectivity index (χ1) is 11.4. The van der Waals surface area contributed by atoms with E-state index in [-0.39, 0.29) is 23.6 Å². The van der Waals surface area contributed by atoms with Crippen LogP contribution in [0.25, 0.3) is 10.9 Å². The first-order valence-corrected chi connectivity index (χ1v) is 9.34. The Morgan fingerprint density at radius 1 is 1.33 bits per heavy atom. The van der Waals surface area contributed by atoms with E-state index in [4.69, 9.17) is 4.74 Å². The summed E-state index contributed by atoms with van der Waals surface area (Å²) in [5.41, 5.74) is 1.42. The quantitative estimate of drug-likeness (QED) is 0.834. The van der Waals surface area contributed by atoms with Crippen molar-refractivity contribution < 1.29 is 17.9 Å². The second kappa shape index (κ2) is 6.54. The lowest BCUT2D eigenvalue weighted by Gasteiger charge is -2.21. The minimum Gasteiger partial charge on any atom is -0.379 e. The van der Waals surface area contributed by atoms with E-state index in [1.165, 1.54) is 18.4 Å². The Kier molecular flexibility index (Phi) is 4.62. The third-order valence-electron chi connectivity index (χ3n) is 4.31. The fourth-order valence-electron chi connectivity index (χ4n) is 2.78. The fraction of sp³-hybridized carbons (Fsp3) is 0.438. The number of sulfonamides is 1. The van der Waals surface area contributed by atoms with E-state index in [2.05, 4.69) is 10.3 Å². The van der Waals surface area contributed by atoms with Crippen LogP contribution in [0.3, 0.4) is 0 Å². The van der Waals surface area contributed by atoms with Gasteiger partial charge in [0.15, 0.2) is 0 Å². The highest BCUT2D eigenvalue weighted by atomic mass is 32.2. The average molecular weight is 351 g/mol. The number of ether oxygens (including phenoxy) is 1. The molecule has 2 atom stereocenters. The van der Waals surface area contributed by atoms with Crippen LogP contribution in [0.4, 0.5) is 0 Å². The van der Waals surface area contributed by atoms with Crippen molar-refractivity contribution in [2.75, 3.05) is 33.1 Å². The zero-order valence-corrected chi connectivity index (χ0v) is 14.5. The summed E-state index contributed by atoms with van der Waals surface area (Å²) in [5, 5.41) is 3.94. The Labute approximate surface area is 141 Å². The highest BCUT2D eigenvalue weighted by Gasteiger charge is 2.34. The average Bonchev–Trinajstić information content (AvgIpc) is 3.15. The van der Waals surface area contributed by atoms with Gasteiger partial charge in [-0.2, -0.15) is 0 Å². The summed E-state index contributed by atoms with van der Waals surface area (Å²) in [4.78, 5) is 15.5. The molecular weight excluding hydrogens is 330 g/mol. The molecule has 1 saturated heterocycles. The van der Waals surface area contributed by atoms with Crippen LogP contribution < -0.4 is 5.32 Å². The molecule has 1 amide bonds. The van der Waals surface area contributed by atoms with Crippen molar-refractivity contribution in [1.29, 1.82) is 0 Å². The number of nitrogens with zero attached hydrogens (tertiary/aromatic N) is 1. The maximum Gasteiger partial charge on any atom is 0.251 e. The number of aromatic nitrogens is 1. The number of nitrogens with one attached hydrogen (secondary N) is 2. The molecule has 2 N–H and O–H groups in total. The van der Waals surface area contributed by atoms with Gasteiger partial charge in [-0.3, -0.25) is 4.79 Å². The SMILES string of the molecule is CN(C)S(=O)(=O)C[C@@H]1COC[C@@H]1NC(=O)c1ccc2cc[nH]c2c1. The number of benzene rings is 1. The molecule has 130 valence electrons. The topological polar surface area (TPSA) is 91.5 Å². The molecule has 3 rings (SSSR count). The highest BCUT2D eigenvalue weighted by molar-refractivity contribution is 7.89. The Balaban J connectivity index is 1.70. The third kappa shape index (κ3) is 3.45. The van der Waals surface area contributed by atoms with Crippen molar-refractivity contribution in [3.63, 3.8) is 0 Å². The largest absolute Gasteiger partial charge is 0.379 e. The monoisotopic (exact) mass is 351 g/mol. The molecule has 1 aromatic carbocycles. The Morgan fingerprint density at radius 2 is 2.12 bits per heavy atom. The summed E-state index contributed by atoms with van der Waals surface area (Å²) in [6, 6.07) is 7.04. The van der Waals surface area contributed by atoms with Crippen molar-refractivity contribution in [2.45, 2.75) is 6.04 Å². The van der Waals surface area contributed by atoms with E-state index in [1.807, 2.05) is 18.3 Å². The van der Waals surface area contributed by atoms with Crippen molar-refractivity contribution in [3.05, 3.63) is 36.0 Å². The van der Waals surface area contributed by atoms with Crippen molar-refractivity contribution in [2.24, 2.45) is 5.92 Å². The lowest BCUT2D eigenvalue weighted by atomic mass is 10.1. The molecule has 0 spiro atoms. The molecule has 2 aromatic rings. The van der Waals surface area contributed by atoms with Gasteiger partial charge in [-0.25, -0.2) is 12.7 Å². The van der Waals surface area contributed by atoms with Crippen molar-refractivity contribution >= 4 is 26.8 Å². The van der Waals surface area contributed by atoms with Crippen LogP contribution in [0, 0.1) is 5.92 Å². The predicted molar refractivity (Wildman–Crippen MR) is 91.3 cm³/mol. The summed E-state index contributed by atoms with van der Waals surface area (Å²) >= 11 is 0.